The molecule has 2 aromatic rings. The van der Waals surface area contributed by atoms with E-state index in [2.05, 4.69) is 31.0 Å². The lowest BCUT2D eigenvalue weighted by atomic mass is 9.94. The average molecular weight is 227 g/mol. The van der Waals surface area contributed by atoms with Crippen molar-refractivity contribution < 1.29 is 4.42 Å². The number of furan rings is 1. The van der Waals surface area contributed by atoms with Crippen LogP contribution in [0.2, 0.25) is 0 Å². The summed E-state index contributed by atoms with van der Waals surface area (Å²) >= 11 is 0. The Bertz CT molecular complexity index is 447. The molecule has 0 radical (unpaired) electrons. The van der Waals surface area contributed by atoms with Gasteiger partial charge in [-0.2, -0.15) is 0 Å². The zero-order valence-electron chi connectivity index (χ0n) is 9.97. The molecule has 0 fully saturated rings. The summed E-state index contributed by atoms with van der Waals surface area (Å²) in [6, 6.07) is 14.3. The fraction of sp³-hybridized carbons (Fsp3) is 0.200. The Morgan fingerprint density at radius 1 is 1.18 bits per heavy atom. The fourth-order valence-corrected chi connectivity index (χ4v) is 1.83. The lowest BCUT2D eigenvalue weighted by molar-refractivity contribution is 0.538. The highest BCUT2D eigenvalue weighted by atomic mass is 16.3. The minimum absolute atomic E-state index is 0.180. The SMILES string of the molecule is C=CC(C)C(Nc1ccco1)c1ccccc1. The number of nitrogens with one attached hydrogen (secondary N) is 1. The summed E-state index contributed by atoms with van der Waals surface area (Å²) in [6.07, 6.45) is 3.62. The molecule has 1 N–H and O–H groups in total. The van der Waals surface area contributed by atoms with E-state index in [9.17, 15) is 0 Å². The third kappa shape index (κ3) is 2.78. The minimum atomic E-state index is 0.180. The molecule has 0 spiro atoms. The third-order valence-electron chi connectivity index (χ3n) is 2.88. The predicted molar refractivity (Wildman–Crippen MR) is 70.9 cm³/mol. The van der Waals surface area contributed by atoms with Gasteiger partial charge in [-0.05, 0) is 17.5 Å². The van der Waals surface area contributed by atoms with Crippen molar-refractivity contribution in [2.45, 2.75) is 13.0 Å². The van der Waals surface area contributed by atoms with Gasteiger partial charge < -0.3 is 9.73 Å². The molecule has 2 atom stereocenters. The van der Waals surface area contributed by atoms with Gasteiger partial charge in [0, 0.05) is 6.07 Å². The standard InChI is InChI=1S/C15H17NO/c1-3-12(2)15(13-8-5-4-6-9-13)16-14-10-7-11-17-14/h3-12,15-16H,1H2,2H3. The maximum atomic E-state index is 5.33. The van der Waals surface area contributed by atoms with Crippen molar-refractivity contribution in [3.63, 3.8) is 0 Å². The van der Waals surface area contributed by atoms with E-state index in [1.165, 1.54) is 5.56 Å². The highest BCUT2D eigenvalue weighted by Gasteiger charge is 2.17. The van der Waals surface area contributed by atoms with Crippen molar-refractivity contribution in [3.8, 4) is 0 Å². The van der Waals surface area contributed by atoms with E-state index >= 15 is 0 Å². The Morgan fingerprint density at radius 3 is 2.53 bits per heavy atom. The van der Waals surface area contributed by atoms with E-state index in [4.69, 9.17) is 4.42 Å². The van der Waals surface area contributed by atoms with Gasteiger partial charge in [-0.3, -0.25) is 0 Å². The van der Waals surface area contributed by atoms with Gasteiger partial charge in [0.25, 0.3) is 0 Å². The Balaban J connectivity index is 2.22. The Hall–Kier alpha value is -1.96. The van der Waals surface area contributed by atoms with Crippen molar-refractivity contribution in [3.05, 3.63) is 66.9 Å². The van der Waals surface area contributed by atoms with E-state index in [0.29, 0.717) is 5.92 Å². The predicted octanol–water partition coefficient (Wildman–Crippen LogP) is 4.25. The van der Waals surface area contributed by atoms with Crippen molar-refractivity contribution in [2.75, 3.05) is 5.32 Å². The molecule has 2 nitrogen and oxygen atoms in total. The van der Waals surface area contributed by atoms with Crippen molar-refractivity contribution in [2.24, 2.45) is 5.92 Å². The highest BCUT2D eigenvalue weighted by molar-refractivity contribution is 5.36. The Kier molecular flexibility index (Phi) is 3.66. The Morgan fingerprint density at radius 2 is 1.94 bits per heavy atom. The monoisotopic (exact) mass is 227 g/mol. The maximum absolute atomic E-state index is 5.33. The van der Waals surface area contributed by atoms with Gasteiger partial charge in [0.05, 0.1) is 12.3 Å². The summed E-state index contributed by atoms with van der Waals surface area (Å²) in [7, 11) is 0. The van der Waals surface area contributed by atoms with Crippen LogP contribution >= 0.6 is 0 Å². The molecule has 1 aromatic carbocycles. The summed E-state index contributed by atoms with van der Waals surface area (Å²) < 4.78 is 5.33. The smallest absolute Gasteiger partial charge is 0.193 e. The molecular weight excluding hydrogens is 210 g/mol. The van der Waals surface area contributed by atoms with Gasteiger partial charge in [0.2, 0.25) is 0 Å². The van der Waals surface area contributed by atoms with E-state index in [1.807, 2.05) is 36.4 Å². The van der Waals surface area contributed by atoms with Crippen LogP contribution in [0.1, 0.15) is 18.5 Å². The molecule has 0 bridgehead atoms. The van der Waals surface area contributed by atoms with Crippen molar-refractivity contribution in [1.29, 1.82) is 0 Å². The number of hydrogen-bond acceptors (Lipinski definition) is 2. The highest BCUT2D eigenvalue weighted by Crippen LogP contribution is 2.27. The second-order valence-electron chi connectivity index (χ2n) is 4.10. The lowest BCUT2D eigenvalue weighted by Gasteiger charge is -2.23. The van der Waals surface area contributed by atoms with Crippen LogP contribution in [0.5, 0.6) is 0 Å². The summed E-state index contributed by atoms with van der Waals surface area (Å²) in [5.41, 5.74) is 1.23. The molecule has 0 saturated heterocycles. The van der Waals surface area contributed by atoms with E-state index in [0.717, 1.165) is 5.88 Å². The second kappa shape index (κ2) is 5.39. The van der Waals surface area contributed by atoms with E-state index < -0.39 is 0 Å². The Labute approximate surface area is 102 Å². The molecule has 88 valence electrons. The number of hydrogen-bond donors (Lipinski definition) is 1. The third-order valence-corrected chi connectivity index (χ3v) is 2.88. The molecule has 0 amide bonds. The molecule has 2 rings (SSSR count). The molecule has 17 heavy (non-hydrogen) atoms. The summed E-state index contributed by atoms with van der Waals surface area (Å²) in [4.78, 5) is 0. The van der Waals surface area contributed by atoms with Crippen molar-refractivity contribution >= 4 is 5.88 Å². The second-order valence-corrected chi connectivity index (χ2v) is 4.10. The normalized spacial score (nSPS) is 13.9. The van der Waals surface area contributed by atoms with Crippen LogP contribution in [0.4, 0.5) is 5.88 Å². The average Bonchev–Trinajstić information content (AvgIpc) is 2.89. The van der Waals surface area contributed by atoms with Crippen molar-refractivity contribution in [1.82, 2.24) is 0 Å². The topological polar surface area (TPSA) is 25.2 Å². The number of rotatable bonds is 5. The van der Waals surface area contributed by atoms with Gasteiger partial charge in [-0.15, -0.1) is 6.58 Å². The first-order valence-corrected chi connectivity index (χ1v) is 5.79. The van der Waals surface area contributed by atoms with Crippen LogP contribution in [0.3, 0.4) is 0 Å². The molecule has 0 aliphatic carbocycles. The molecule has 2 unspecified atom stereocenters. The first kappa shape index (κ1) is 11.5. The molecule has 0 saturated carbocycles. The maximum Gasteiger partial charge on any atom is 0.193 e. The minimum Gasteiger partial charge on any atom is -0.449 e. The zero-order valence-corrected chi connectivity index (χ0v) is 9.97. The summed E-state index contributed by atoms with van der Waals surface area (Å²) in [6.45, 7) is 6.01. The van der Waals surface area contributed by atoms with Gasteiger partial charge >= 0.3 is 0 Å². The van der Waals surface area contributed by atoms with Crippen LogP contribution in [0.25, 0.3) is 0 Å². The van der Waals surface area contributed by atoms with E-state index in [-0.39, 0.29) is 6.04 Å². The molecule has 1 aromatic heterocycles. The van der Waals surface area contributed by atoms with Gasteiger partial charge in [-0.25, -0.2) is 0 Å². The van der Waals surface area contributed by atoms with Crippen LogP contribution in [0.15, 0.2) is 65.8 Å². The van der Waals surface area contributed by atoms with Gasteiger partial charge in [-0.1, -0.05) is 43.3 Å². The summed E-state index contributed by atoms with van der Waals surface area (Å²) in [5.74, 6) is 1.11. The molecule has 1 heterocycles. The van der Waals surface area contributed by atoms with Crippen LogP contribution in [-0.2, 0) is 0 Å². The zero-order chi connectivity index (χ0) is 12.1. The van der Waals surface area contributed by atoms with Crippen LogP contribution < -0.4 is 5.32 Å². The molecule has 0 aliphatic heterocycles. The van der Waals surface area contributed by atoms with E-state index in [1.54, 1.807) is 6.26 Å². The first-order chi connectivity index (χ1) is 8.31. The van der Waals surface area contributed by atoms with Gasteiger partial charge in [0.15, 0.2) is 5.88 Å². The van der Waals surface area contributed by atoms with Crippen LogP contribution in [0, 0.1) is 5.92 Å². The summed E-state index contributed by atoms with van der Waals surface area (Å²) in [5, 5.41) is 3.39. The largest absolute Gasteiger partial charge is 0.449 e. The number of anilines is 1. The van der Waals surface area contributed by atoms with Gasteiger partial charge in [0.1, 0.15) is 0 Å². The number of benzene rings is 1. The first-order valence-electron chi connectivity index (χ1n) is 5.79. The fourth-order valence-electron chi connectivity index (χ4n) is 1.83. The van der Waals surface area contributed by atoms with Crippen LogP contribution in [-0.4, -0.2) is 0 Å². The molecule has 0 aliphatic rings. The quantitative estimate of drug-likeness (QED) is 0.772. The molecular formula is C15H17NO. The lowest BCUT2D eigenvalue weighted by Crippen LogP contribution is -2.17. The molecule has 2 heteroatoms.